The van der Waals surface area contributed by atoms with Gasteiger partial charge >= 0.3 is 6.18 Å². The minimum atomic E-state index is -4.62. The fourth-order valence-electron chi connectivity index (χ4n) is 1.76. The molecule has 0 saturated carbocycles. The lowest BCUT2D eigenvalue weighted by atomic mass is 10.3. The molecule has 0 radical (unpaired) electrons. The molecule has 1 unspecified atom stereocenters. The van der Waals surface area contributed by atoms with Gasteiger partial charge in [0.1, 0.15) is 11.6 Å². The van der Waals surface area contributed by atoms with Gasteiger partial charge in [0.25, 0.3) is 0 Å². The molecule has 1 aromatic heterocycles. The Kier molecular flexibility index (Phi) is 4.93. The third kappa shape index (κ3) is 3.95. The number of likely N-dealkylation sites (N-methyl/N-ethyl adjacent to an activating group) is 1. The zero-order valence-electron chi connectivity index (χ0n) is 11.0. The molecule has 0 aliphatic carbocycles. The normalized spacial score (nSPS) is 13.4. The van der Waals surface area contributed by atoms with Gasteiger partial charge < -0.3 is 15.4 Å². The summed E-state index contributed by atoms with van der Waals surface area (Å²) in [4.78, 5) is 8.42. The van der Waals surface area contributed by atoms with Crippen molar-refractivity contribution in [3.63, 3.8) is 0 Å². The van der Waals surface area contributed by atoms with Gasteiger partial charge in [0.05, 0.1) is 12.6 Å². The molecular formula is C11H17F3N4O. The Morgan fingerprint density at radius 2 is 2.05 bits per heavy atom. The molecule has 1 heterocycles. The maximum absolute atomic E-state index is 12.6. The lowest BCUT2D eigenvalue weighted by Crippen LogP contribution is -2.37. The number of hydrogen-bond acceptors (Lipinski definition) is 5. The molecule has 1 atom stereocenters. The van der Waals surface area contributed by atoms with Gasteiger partial charge in [0.15, 0.2) is 0 Å². The van der Waals surface area contributed by atoms with Crippen LogP contribution >= 0.6 is 0 Å². The van der Waals surface area contributed by atoms with E-state index in [0.717, 1.165) is 0 Å². The Balaban J connectivity index is 3.14. The molecule has 1 aromatic rings. The fraction of sp³-hybridized carbons (Fsp3) is 0.636. The summed E-state index contributed by atoms with van der Waals surface area (Å²) in [6.07, 6.45) is -4.62. The standard InChI is InChI=1S/C11H17F3N4O/c1-4-18(7(2)6-19-3)9-5-8(15)16-10(17-9)11(12,13)14/h5,7H,4,6H2,1-3H3,(H2,15,16,17). The average Bonchev–Trinajstić information content (AvgIpc) is 2.28. The largest absolute Gasteiger partial charge is 0.451 e. The summed E-state index contributed by atoms with van der Waals surface area (Å²) in [6.45, 7) is 4.51. The molecule has 0 fully saturated rings. The van der Waals surface area contributed by atoms with E-state index in [1.165, 1.54) is 13.2 Å². The zero-order chi connectivity index (χ0) is 14.6. The Labute approximate surface area is 109 Å². The zero-order valence-corrected chi connectivity index (χ0v) is 11.0. The van der Waals surface area contributed by atoms with Crippen molar-refractivity contribution in [3.8, 4) is 0 Å². The number of aromatic nitrogens is 2. The first kappa shape index (κ1) is 15.5. The van der Waals surface area contributed by atoms with Crippen LogP contribution in [0, 0.1) is 0 Å². The molecule has 0 aromatic carbocycles. The predicted octanol–water partition coefficient (Wildman–Crippen LogP) is 1.94. The second-order valence-corrected chi connectivity index (χ2v) is 4.06. The van der Waals surface area contributed by atoms with E-state index in [1.54, 1.807) is 4.90 Å². The Hall–Kier alpha value is -1.57. The topological polar surface area (TPSA) is 64.3 Å². The van der Waals surface area contributed by atoms with E-state index in [1.807, 2.05) is 13.8 Å². The van der Waals surface area contributed by atoms with Crippen molar-refractivity contribution in [1.29, 1.82) is 0 Å². The maximum atomic E-state index is 12.6. The van der Waals surface area contributed by atoms with Crippen LogP contribution in [0.1, 0.15) is 19.7 Å². The van der Waals surface area contributed by atoms with Crippen molar-refractivity contribution >= 4 is 11.6 Å². The van der Waals surface area contributed by atoms with Gasteiger partial charge in [-0.3, -0.25) is 0 Å². The minimum absolute atomic E-state index is 0.120. The molecule has 108 valence electrons. The summed E-state index contributed by atoms with van der Waals surface area (Å²) in [7, 11) is 1.53. The van der Waals surface area contributed by atoms with E-state index >= 15 is 0 Å². The highest BCUT2D eigenvalue weighted by Crippen LogP contribution is 2.29. The third-order valence-electron chi connectivity index (χ3n) is 2.56. The SMILES string of the molecule is CCN(c1cc(N)nc(C(F)(F)F)n1)C(C)COC. The van der Waals surface area contributed by atoms with Crippen molar-refractivity contribution in [2.45, 2.75) is 26.1 Å². The van der Waals surface area contributed by atoms with Crippen LogP contribution in [0.25, 0.3) is 0 Å². The van der Waals surface area contributed by atoms with E-state index in [2.05, 4.69) is 9.97 Å². The van der Waals surface area contributed by atoms with E-state index in [0.29, 0.717) is 13.2 Å². The maximum Gasteiger partial charge on any atom is 0.451 e. The van der Waals surface area contributed by atoms with Crippen LogP contribution in [0.15, 0.2) is 6.07 Å². The third-order valence-corrected chi connectivity index (χ3v) is 2.56. The number of halogens is 3. The summed E-state index contributed by atoms with van der Waals surface area (Å²) < 4.78 is 42.9. The number of nitrogens with zero attached hydrogens (tertiary/aromatic N) is 3. The number of nitrogen functional groups attached to an aromatic ring is 1. The quantitative estimate of drug-likeness (QED) is 0.891. The average molecular weight is 278 g/mol. The Bertz CT molecular complexity index is 425. The molecule has 8 heteroatoms. The van der Waals surface area contributed by atoms with Crippen molar-refractivity contribution in [1.82, 2.24) is 9.97 Å². The number of nitrogens with two attached hydrogens (primary N) is 1. The van der Waals surface area contributed by atoms with Crippen LogP contribution in [-0.4, -0.2) is 36.3 Å². The van der Waals surface area contributed by atoms with Gasteiger partial charge in [-0.25, -0.2) is 9.97 Å². The number of anilines is 2. The highest BCUT2D eigenvalue weighted by atomic mass is 19.4. The molecule has 0 spiro atoms. The van der Waals surface area contributed by atoms with Gasteiger partial charge in [0, 0.05) is 19.7 Å². The number of hydrogen-bond donors (Lipinski definition) is 1. The van der Waals surface area contributed by atoms with Gasteiger partial charge in [-0.2, -0.15) is 13.2 Å². The summed E-state index contributed by atoms with van der Waals surface area (Å²) in [5.74, 6) is -1.29. The van der Waals surface area contributed by atoms with E-state index in [-0.39, 0.29) is 17.7 Å². The van der Waals surface area contributed by atoms with Crippen molar-refractivity contribution in [3.05, 3.63) is 11.9 Å². The van der Waals surface area contributed by atoms with Gasteiger partial charge in [-0.15, -0.1) is 0 Å². The number of alkyl halides is 3. The van der Waals surface area contributed by atoms with E-state index < -0.39 is 12.0 Å². The monoisotopic (exact) mass is 278 g/mol. The summed E-state index contributed by atoms with van der Waals surface area (Å²) >= 11 is 0. The highest BCUT2D eigenvalue weighted by molar-refractivity contribution is 5.48. The molecule has 2 N–H and O–H groups in total. The second-order valence-electron chi connectivity index (χ2n) is 4.06. The first-order valence-corrected chi connectivity index (χ1v) is 5.77. The minimum Gasteiger partial charge on any atom is -0.384 e. The van der Waals surface area contributed by atoms with Crippen LogP contribution < -0.4 is 10.6 Å². The van der Waals surface area contributed by atoms with Gasteiger partial charge in [0.2, 0.25) is 5.82 Å². The fourth-order valence-corrected chi connectivity index (χ4v) is 1.76. The number of methoxy groups -OCH3 is 1. The predicted molar refractivity (Wildman–Crippen MR) is 65.8 cm³/mol. The van der Waals surface area contributed by atoms with E-state index in [9.17, 15) is 13.2 Å². The smallest absolute Gasteiger partial charge is 0.384 e. The second kappa shape index (κ2) is 6.05. The lowest BCUT2D eigenvalue weighted by Gasteiger charge is -2.29. The Morgan fingerprint density at radius 3 is 2.53 bits per heavy atom. The summed E-state index contributed by atoms with van der Waals surface area (Å²) in [6, 6.07) is 1.20. The highest BCUT2D eigenvalue weighted by Gasteiger charge is 2.35. The molecule has 0 aliphatic rings. The molecule has 0 amide bonds. The molecule has 0 saturated heterocycles. The van der Waals surface area contributed by atoms with Crippen molar-refractivity contribution in [2.24, 2.45) is 0 Å². The Morgan fingerprint density at radius 1 is 1.42 bits per heavy atom. The first-order chi connectivity index (χ1) is 8.79. The summed E-state index contributed by atoms with van der Waals surface area (Å²) in [5, 5.41) is 0. The number of ether oxygens (including phenoxy) is 1. The molecule has 19 heavy (non-hydrogen) atoms. The molecule has 0 aliphatic heterocycles. The molecule has 5 nitrogen and oxygen atoms in total. The van der Waals surface area contributed by atoms with Gasteiger partial charge in [-0.05, 0) is 13.8 Å². The van der Waals surface area contributed by atoms with Crippen LogP contribution in [0.5, 0.6) is 0 Å². The van der Waals surface area contributed by atoms with Gasteiger partial charge in [-0.1, -0.05) is 0 Å². The molecule has 1 rings (SSSR count). The van der Waals surface area contributed by atoms with Crippen molar-refractivity contribution in [2.75, 3.05) is 30.9 Å². The summed E-state index contributed by atoms with van der Waals surface area (Å²) in [5.41, 5.74) is 5.41. The van der Waals surface area contributed by atoms with Crippen LogP contribution in [0.4, 0.5) is 24.8 Å². The molecular weight excluding hydrogens is 261 g/mol. The first-order valence-electron chi connectivity index (χ1n) is 5.77. The van der Waals surface area contributed by atoms with E-state index in [4.69, 9.17) is 10.5 Å². The van der Waals surface area contributed by atoms with Crippen LogP contribution in [-0.2, 0) is 10.9 Å². The number of rotatable bonds is 5. The molecule has 0 bridgehead atoms. The lowest BCUT2D eigenvalue weighted by molar-refractivity contribution is -0.144. The van der Waals surface area contributed by atoms with Crippen LogP contribution in [0.3, 0.4) is 0 Å². The van der Waals surface area contributed by atoms with Crippen LogP contribution in [0.2, 0.25) is 0 Å². The van der Waals surface area contributed by atoms with Crippen molar-refractivity contribution < 1.29 is 17.9 Å².